The topological polar surface area (TPSA) is 65.1 Å². The summed E-state index contributed by atoms with van der Waals surface area (Å²) in [6.07, 6.45) is 1.23. The Bertz CT molecular complexity index is 317. The number of hydrogen-bond donors (Lipinski definition) is 0. The Balaban J connectivity index is 4.66. The van der Waals surface area contributed by atoms with Crippen molar-refractivity contribution in [3.05, 3.63) is 11.8 Å². The zero-order valence-electron chi connectivity index (χ0n) is 10.9. The second kappa shape index (κ2) is 7.48. The minimum absolute atomic E-state index is 0.189. The first kappa shape index (κ1) is 16.2. The minimum Gasteiger partial charge on any atom is -0.409 e. The third kappa shape index (κ3) is 6.46. The molecule has 0 saturated heterocycles. The molecule has 0 aromatic carbocycles. The van der Waals surface area contributed by atoms with Crippen LogP contribution in [-0.2, 0) is 22.9 Å². The van der Waals surface area contributed by atoms with Crippen LogP contribution >= 0.6 is 7.82 Å². The molecule has 0 radical (unpaired) electrons. The molecular weight excluding hydrogens is 245 g/mol. The highest BCUT2D eigenvalue weighted by Gasteiger charge is 2.27. The first-order chi connectivity index (χ1) is 7.84. The molecule has 100 valence electrons. The van der Waals surface area contributed by atoms with Crippen molar-refractivity contribution >= 4 is 13.7 Å². The van der Waals surface area contributed by atoms with E-state index in [0.29, 0.717) is 0 Å². The molecule has 0 aromatic heterocycles. The molecule has 0 heterocycles. The van der Waals surface area contributed by atoms with Gasteiger partial charge in [-0.25, -0.2) is 4.57 Å². The number of carbonyl (C=O) groups excluding carboxylic acids is 1. The number of phosphoric acid groups is 1. The molecule has 0 unspecified atom stereocenters. The number of carbonyl (C=O) groups is 1. The van der Waals surface area contributed by atoms with E-state index < -0.39 is 7.82 Å². The molecule has 0 rings (SSSR count). The van der Waals surface area contributed by atoms with Crippen LogP contribution in [0.2, 0.25) is 0 Å². The number of hydrogen-bond acceptors (Lipinski definition) is 5. The van der Waals surface area contributed by atoms with Gasteiger partial charge in [-0.1, -0.05) is 0 Å². The molecule has 0 aliphatic rings. The fourth-order valence-electron chi connectivity index (χ4n) is 0.912. The summed E-state index contributed by atoms with van der Waals surface area (Å²) < 4.78 is 26.9. The van der Waals surface area contributed by atoms with Gasteiger partial charge in [0.1, 0.15) is 5.76 Å². The van der Waals surface area contributed by atoms with Gasteiger partial charge < -0.3 is 9.42 Å². The van der Waals surface area contributed by atoms with Crippen LogP contribution in [0.5, 0.6) is 0 Å². The molecule has 7 heteroatoms. The van der Waals surface area contributed by atoms with E-state index in [2.05, 4.69) is 0 Å². The van der Waals surface area contributed by atoms with E-state index in [-0.39, 0.29) is 24.9 Å². The van der Waals surface area contributed by atoms with Gasteiger partial charge >= 0.3 is 7.82 Å². The van der Waals surface area contributed by atoms with Gasteiger partial charge in [0.25, 0.3) is 0 Å². The molecule has 1 amide bonds. The van der Waals surface area contributed by atoms with E-state index in [1.807, 2.05) is 0 Å². The van der Waals surface area contributed by atoms with Crippen LogP contribution in [0.25, 0.3) is 0 Å². The van der Waals surface area contributed by atoms with Crippen molar-refractivity contribution in [1.82, 2.24) is 4.90 Å². The van der Waals surface area contributed by atoms with Crippen LogP contribution in [0.3, 0.4) is 0 Å². The van der Waals surface area contributed by atoms with Crippen molar-refractivity contribution in [2.75, 3.05) is 27.3 Å². The van der Waals surface area contributed by atoms with Crippen LogP contribution < -0.4 is 0 Å². The summed E-state index contributed by atoms with van der Waals surface area (Å²) in [4.78, 5) is 12.7. The van der Waals surface area contributed by atoms with E-state index >= 15 is 0 Å². The van der Waals surface area contributed by atoms with Crippen LogP contribution in [0.15, 0.2) is 11.8 Å². The van der Waals surface area contributed by atoms with Gasteiger partial charge in [-0.05, 0) is 20.8 Å². The third-order valence-corrected chi connectivity index (χ3v) is 3.26. The fourth-order valence-corrected chi connectivity index (χ4v) is 2.13. The maximum absolute atomic E-state index is 11.9. The molecular formula is C10H20NO5P. The SMILES string of the molecule is CCOP(=O)(OCC)O/C(C)=C\C(=O)N(C)C. The Kier molecular flexibility index (Phi) is 7.11. The molecule has 0 bridgehead atoms. The van der Waals surface area contributed by atoms with E-state index in [9.17, 15) is 9.36 Å². The normalized spacial score (nSPS) is 12.4. The number of phosphoric ester groups is 1. The number of amides is 1. The summed E-state index contributed by atoms with van der Waals surface area (Å²) in [6, 6.07) is 0. The van der Waals surface area contributed by atoms with Crippen molar-refractivity contribution in [2.24, 2.45) is 0 Å². The number of rotatable bonds is 7. The molecule has 0 aliphatic carbocycles. The molecule has 17 heavy (non-hydrogen) atoms. The predicted octanol–water partition coefficient (Wildman–Crippen LogP) is 2.18. The molecule has 0 aromatic rings. The molecule has 0 N–H and O–H groups in total. The molecule has 6 nitrogen and oxygen atoms in total. The maximum atomic E-state index is 11.9. The molecule has 0 atom stereocenters. The van der Waals surface area contributed by atoms with E-state index in [1.165, 1.54) is 17.9 Å². The van der Waals surface area contributed by atoms with Crippen molar-refractivity contribution < 1.29 is 22.9 Å². The molecule has 0 aliphatic heterocycles. The van der Waals surface area contributed by atoms with Crippen molar-refractivity contribution in [1.29, 1.82) is 0 Å². The number of allylic oxidation sites excluding steroid dienone is 1. The lowest BCUT2D eigenvalue weighted by molar-refractivity contribution is -0.123. The Morgan fingerprint density at radius 1 is 1.24 bits per heavy atom. The van der Waals surface area contributed by atoms with E-state index in [1.54, 1.807) is 27.9 Å². The zero-order chi connectivity index (χ0) is 13.5. The van der Waals surface area contributed by atoms with E-state index in [4.69, 9.17) is 13.6 Å². The first-order valence-corrected chi connectivity index (χ1v) is 6.79. The summed E-state index contributed by atoms with van der Waals surface area (Å²) in [5.41, 5.74) is 0. The maximum Gasteiger partial charge on any atom is 0.529 e. The first-order valence-electron chi connectivity index (χ1n) is 5.33. The fraction of sp³-hybridized carbons (Fsp3) is 0.700. The second-order valence-corrected chi connectivity index (χ2v) is 4.96. The Morgan fingerprint density at radius 3 is 2.06 bits per heavy atom. The van der Waals surface area contributed by atoms with Gasteiger partial charge in [-0.15, -0.1) is 0 Å². The van der Waals surface area contributed by atoms with Gasteiger partial charge in [0.2, 0.25) is 5.91 Å². The summed E-state index contributed by atoms with van der Waals surface area (Å²) >= 11 is 0. The zero-order valence-corrected chi connectivity index (χ0v) is 11.8. The Labute approximate surface area is 102 Å². The summed E-state index contributed by atoms with van der Waals surface area (Å²) in [5.74, 6) is -0.0732. The van der Waals surface area contributed by atoms with Gasteiger partial charge in [0.05, 0.1) is 13.2 Å². The molecule has 0 fully saturated rings. The van der Waals surface area contributed by atoms with E-state index in [0.717, 1.165) is 0 Å². The smallest absolute Gasteiger partial charge is 0.409 e. The number of nitrogens with zero attached hydrogens (tertiary/aromatic N) is 1. The van der Waals surface area contributed by atoms with Crippen LogP contribution in [0.4, 0.5) is 0 Å². The van der Waals surface area contributed by atoms with Gasteiger partial charge in [-0.2, -0.15) is 0 Å². The third-order valence-electron chi connectivity index (χ3n) is 1.60. The van der Waals surface area contributed by atoms with Gasteiger partial charge in [0, 0.05) is 20.2 Å². The lowest BCUT2D eigenvalue weighted by Gasteiger charge is -2.17. The average Bonchev–Trinajstić information content (AvgIpc) is 2.16. The number of likely N-dealkylation sites (N-methyl/N-ethyl adjacent to an activating group) is 1. The minimum atomic E-state index is -3.60. The second-order valence-electron chi connectivity index (χ2n) is 3.36. The predicted molar refractivity (Wildman–Crippen MR) is 64.4 cm³/mol. The lowest BCUT2D eigenvalue weighted by atomic mass is 10.4. The van der Waals surface area contributed by atoms with Crippen molar-refractivity contribution in [2.45, 2.75) is 20.8 Å². The van der Waals surface area contributed by atoms with Crippen LogP contribution in [0, 0.1) is 0 Å². The van der Waals surface area contributed by atoms with Crippen LogP contribution in [-0.4, -0.2) is 38.1 Å². The van der Waals surface area contributed by atoms with Gasteiger partial charge in [-0.3, -0.25) is 13.8 Å². The van der Waals surface area contributed by atoms with Gasteiger partial charge in [0.15, 0.2) is 0 Å². The molecule has 0 spiro atoms. The Morgan fingerprint density at radius 2 is 1.71 bits per heavy atom. The largest absolute Gasteiger partial charge is 0.529 e. The monoisotopic (exact) mass is 265 g/mol. The quantitative estimate of drug-likeness (QED) is 0.401. The standard InChI is InChI=1S/C10H20NO5P/c1-6-14-17(13,15-7-2)16-9(3)8-10(12)11(4)5/h8H,6-7H2,1-5H3/b9-8-. The van der Waals surface area contributed by atoms with Crippen molar-refractivity contribution in [3.8, 4) is 0 Å². The Hall–Kier alpha value is -0.840. The van der Waals surface area contributed by atoms with Crippen molar-refractivity contribution in [3.63, 3.8) is 0 Å². The molecule has 0 saturated carbocycles. The highest BCUT2D eigenvalue weighted by Crippen LogP contribution is 2.51. The summed E-state index contributed by atoms with van der Waals surface area (Å²) in [6.45, 7) is 5.28. The average molecular weight is 265 g/mol. The van der Waals surface area contributed by atoms with Crippen LogP contribution in [0.1, 0.15) is 20.8 Å². The highest BCUT2D eigenvalue weighted by molar-refractivity contribution is 7.48. The summed E-state index contributed by atoms with van der Waals surface area (Å²) in [7, 11) is -0.385. The highest BCUT2D eigenvalue weighted by atomic mass is 31.2. The lowest BCUT2D eigenvalue weighted by Crippen LogP contribution is -2.19. The summed E-state index contributed by atoms with van der Waals surface area (Å²) in [5, 5.41) is 0.